The van der Waals surface area contributed by atoms with Gasteiger partial charge in [-0.05, 0) is 92.4 Å². The number of hydrogen-bond donors (Lipinski definition) is 0. The SMILES string of the molecule is CC(C)(C)OC1CC(CCCOCCCOC2CC(OC(C)(C)C)C2)C1. The zero-order chi connectivity index (χ0) is 19.2. The molecule has 4 nitrogen and oxygen atoms in total. The van der Waals surface area contributed by atoms with Crippen molar-refractivity contribution in [2.45, 2.75) is 116 Å². The van der Waals surface area contributed by atoms with Gasteiger partial charge < -0.3 is 18.9 Å². The lowest BCUT2D eigenvalue weighted by Gasteiger charge is -2.39. The molecule has 0 N–H and O–H groups in total. The smallest absolute Gasteiger partial charge is 0.0631 e. The minimum atomic E-state index is -0.0382. The highest BCUT2D eigenvalue weighted by molar-refractivity contribution is 4.83. The van der Waals surface area contributed by atoms with E-state index in [-0.39, 0.29) is 11.2 Å². The molecule has 154 valence electrons. The zero-order valence-electron chi connectivity index (χ0n) is 18.0. The van der Waals surface area contributed by atoms with Crippen molar-refractivity contribution in [3.8, 4) is 0 Å². The summed E-state index contributed by atoms with van der Waals surface area (Å²) in [5, 5.41) is 0. The van der Waals surface area contributed by atoms with Gasteiger partial charge in [0.05, 0.1) is 29.5 Å². The Morgan fingerprint density at radius 2 is 1.19 bits per heavy atom. The fourth-order valence-electron chi connectivity index (χ4n) is 3.74. The molecular weight excluding hydrogens is 328 g/mol. The van der Waals surface area contributed by atoms with Gasteiger partial charge in [0.1, 0.15) is 0 Å². The van der Waals surface area contributed by atoms with Crippen molar-refractivity contribution in [1.82, 2.24) is 0 Å². The highest BCUT2D eigenvalue weighted by Crippen LogP contribution is 2.35. The van der Waals surface area contributed by atoms with Gasteiger partial charge in [-0.25, -0.2) is 0 Å². The summed E-state index contributed by atoms with van der Waals surface area (Å²) in [6, 6.07) is 0. The molecule has 0 aliphatic heterocycles. The molecule has 0 aromatic carbocycles. The molecule has 26 heavy (non-hydrogen) atoms. The molecule has 2 fully saturated rings. The number of hydrogen-bond acceptors (Lipinski definition) is 4. The van der Waals surface area contributed by atoms with Crippen LogP contribution in [-0.4, -0.2) is 49.3 Å². The third-order valence-corrected chi connectivity index (χ3v) is 4.97. The number of rotatable bonds is 11. The van der Waals surface area contributed by atoms with Gasteiger partial charge >= 0.3 is 0 Å². The van der Waals surface area contributed by atoms with Crippen molar-refractivity contribution in [3.05, 3.63) is 0 Å². The summed E-state index contributed by atoms with van der Waals surface area (Å²) >= 11 is 0. The van der Waals surface area contributed by atoms with Crippen molar-refractivity contribution in [2.24, 2.45) is 5.92 Å². The van der Waals surface area contributed by atoms with Crippen LogP contribution in [0.5, 0.6) is 0 Å². The van der Waals surface area contributed by atoms with E-state index in [0.29, 0.717) is 18.3 Å². The Balaban J connectivity index is 1.32. The van der Waals surface area contributed by atoms with Crippen molar-refractivity contribution < 1.29 is 18.9 Å². The first-order valence-corrected chi connectivity index (χ1v) is 10.7. The lowest BCUT2D eigenvalue weighted by Crippen LogP contribution is -2.41. The molecule has 0 unspecified atom stereocenters. The highest BCUT2D eigenvalue weighted by atomic mass is 16.5. The molecule has 0 saturated heterocycles. The van der Waals surface area contributed by atoms with Gasteiger partial charge in [0.15, 0.2) is 0 Å². The van der Waals surface area contributed by atoms with E-state index in [4.69, 9.17) is 18.9 Å². The van der Waals surface area contributed by atoms with Crippen LogP contribution in [0.1, 0.15) is 86.5 Å². The van der Waals surface area contributed by atoms with Crippen LogP contribution >= 0.6 is 0 Å². The highest BCUT2D eigenvalue weighted by Gasteiger charge is 2.33. The van der Waals surface area contributed by atoms with Gasteiger partial charge in [-0.15, -0.1) is 0 Å². The van der Waals surface area contributed by atoms with Crippen molar-refractivity contribution in [3.63, 3.8) is 0 Å². The second-order valence-electron chi connectivity index (χ2n) is 10.1. The molecule has 2 rings (SSSR count). The Kier molecular flexibility index (Phi) is 8.39. The first-order valence-electron chi connectivity index (χ1n) is 10.7. The van der Waals surface area contributed by atoms with Crippen LogP contribution < -0.4 is 0 Å². The average Bonchev–Trinajstić information content (AvgIpc) is 2.41. The summed E-state index contributed by atoms with van der Waals surface area (Å²) in [4.78, 5) is 0. The maximum absolute atomic E-state index is 5.99. The average molecular weight is 371 g/mol. The standard InChI is InChI=1S/C22H42O4/c1-21(2,3)25-19-13-17(14-19)9-7-10-23-11-8-12-24-18-15-20(16-18)26-22(4,5)6/h17-20H,7-16H2,1-6H3. The molecule has 2 saturated carbocycles. The first-order chi connectivity index (χ1) is 12.1. The topological polar surface area (TPSA) is 36.9 Å². The first kappa shape index (κ1) is 22.1. The van der Waals surface area contributed by atoms with Crippen molar-refractivity contribution >= 4 is 0 Å². The summed E-state index contributed by atoms with van der Waals surface area (Å²) in [5.74, 6) is 0.844. The Labute approximate surface area is 161 Å². The van der Waals surface area contributed by atoms with Gasteiger partial charge in [-0.1, -0.05) is 0 Å². The minimum Gasteiger partial charge on any atom is -0.381 e. The predicted molar refractivity (Wildman–Crippen MR) is 106 cm³/mol. The van der Waals surface area contributed by atoms with Crippen molar-refractivity contribution in [2.75, 3.05) is 19.8 Å². The Morgan fingerprint density at radius 1 is 0.654 bits per heavy atom. The van der Waals surface area contributed by atoms with Gasteiger partial charge in [0.2, 0.25) is 0 Å². The maximum Gasteiger partial charge on any atom is 0.0631 e. The second-order valence-corrected chi connectivity index (χ2v) is 10.1. The maximum atomic E-state index is 5.99. The van der Waals surface area contributed by atoms with Crippen LogP contribution in [-0.2, 0) is 18.9 Å². The lowest BCUT2D eigenvalue weighted by molar-refractivity contribution is -0.149. The minimum absolute atomic E-state index is 0.000820. The summed E-state index contributed by atoms with van der Waals surface area (Å²) in [5.41, 5.74) is -0.0374. The third kappa shape index (κ3) is 9.16. The second kappa shape index (κ2) is 9.86. The summed E-state index contributed by atoms with van der Waals surface area (Å²) < 4.78 is 23.5. The fourth-order valence-corrected chi connectivity index (χ4v) is 3.74. The number of ether oxygens (including phenoxy) is 4. The lowest BCUT2D eigenvalue weighted by atomic mass is 9.79. The summed E-state index contributed by atoms with van der Waals surface area (Å²) in [7, 11) is 0. The summed E-state index contributed by atoms with van der Waals surface area (Å²) in [6.07, 6.45) is 9.24. The zero-order valence-corrected chi connectivity index (χ0v) is 18.0. The summed E-state index contributed by atoms with van der Waals surface area (Å²) in [6.45, 7) is 15.3. The largest absolute Gasteiger partial charge is 0.381 e. The van der Waals surface area contributed by atoms with E-state index in [1.165, 1.54) is 25.7 Å². The molecule has 0 bridgehead atoms. The molecule has 0 aromatic rings. The molecule has 0 atom stereocenters. The monoisotopic (exact) mass is 370 g/mol. The molecular formula is C22H42O4. The van der Waals surface area contributed by atoms with Gasteiger partial charge in [-0.2, -0.15) is 0 Å². The normalized spacial score (nSPS) is 29.3. The predicted octanol–water partition coefficient (Wildman–Crippen LogP) is 5.13. The van der Waals surface area contributed by atoms with Gasteiger partial charge in [0.25, 0.3) is 0 Å². The van der Waals surface area contributed by atoms with E-state index >= 15 is 0 Å². The molecule has 0 aromatic heterocycles. The van der Waals surface area contributed by atoms with E-state index in [0.717, 1.165) is 45.0 Å². The van der Waals surface area contributed by atoms with Gasteiger partial charge in [-0.3, -0.25) is 0 Å². The van der Waals surface area contributed by atoms with Crippen molar-refractivity contribution in [1.29, 1.82) is 0 Å². The quantitative estimate of drug-likeness (QED) is 0.473. The van der Waals surface area contributed by atoms with Crippen LogP contribution in [0.2, 0.25) is 0 Å². The fraction of sp³-hybridized carbons (Fsp3) is 1.00. The molecule has 0 heterocycles. The molecule has 2 aliphatic carbocycles. The van der Waals surface area contributed by atoms with E-state index in [2.05, 4.69) is 41.5 Å². The Bertz CT molecular complexity index is 346. The van der Waals surface area contributed by atoms with Crippen LogP contribution in [0.25, 0.3) is 0 Å². The molecule has 0 spiro atoms. The Morgan fingerprint density at radius 3 is 1.77 bits per heavy atom. The molecule has 4 heteroatoms. The van der Waals surface area contributed by atoms with E-state index < -0.39 is 0 Å². The van der Waals surface area contributed by atoms with Crippen LogP contribution in [0.4, 0.5) is 0 Å². The van der Waals surface area contributed by atoms with Crippen LogP contribution in [0, 0.1) is 5.92 Å². The molecule has 0 radical (unpaired) electrons. The molecule has 2 aliphatic rings. The molecule has 0 amide bonds. The van der Waals surface area contributed by atoms with Gasteiger partial charge in [0, 0.05) is 19.8 Å². The van der Waals surface area contributed by atoms with E-state index in [1.54, 1.807) is 0 Å². The third-order valence-electron chi connectivity index (χ3n) is 4.97. The van der Waals surface area contributed by atoms with E-state index in [9.17, 15) is 0 Å². The van der Waals surface area contributed by atoms with Crippen LogP contribution in [0.15, 0.2) is 0 Å². The van der Waals surface area contributed by atoms with Crippen LogP contribution in [0.3, 0.4) is 0 Å². The Hall–Kier alpha value is -0.160. The van der Waals surface area contributed by atoms with E-state index in [1.807, 2.05) is 0 Å².